The van der Waals surface area contributed by atoms with Crippen LogP contribution >= 0.6 is 11.3 Å². The lowest BCUT2D eigenvalue weighted by Gasteiger charge is -2.01. The second-order valence-electron chi connectivity index (χ2n) is 3.79. The van der Waals surface area contributed by atoms with Gasteiger partial charge in [-0.3, -0.25) is 0 Å². The number of rotatable bonds is 4. The van der Waals surface area contributed by atoms with Gasteiger partial charge in [-0.25, -0.2) is 4.98 Å². The molecule has 0 saturated heterocycles. The molecule has 0 aliphatic rings. The van der Waals surface area contributed by atoms with E-state index in [1.54, 1.807) is 18.4 Å². The van der Waals surface area contributed by atoms with Gasteiger partial charge in [-0.2, -0.15) is 0 Å². The van der Waals surface area contributed by atoms with Crippen LogP contribution in [0.15, 0.2) is 24.3 Å². The normalized spacial score (nSPS) is 10.5. The van der Waals surface area contributed by atoms with Crippen LogP contribution in [-0.2, 0) is 6.54 Å². The lowest BCUT2D eigenvalue weighted by atomic mass is 10.2. The predicted octanol–water partition coefficient (Wildman–Crippen LogP) is 2.85. The molecule has 0 aliphatic carbocycles. The average Bonchev–Trinajstić information content (AvgIpc) is 2.72. The van der Waals surface area contributed by atoms with Crippen molar-refractivity contribution in [1.29, 1.82) is 0 Å². The first-order valence-electron chi connectivity index (χ1n) is 5.50. The molecule has 0 saturated carbocycles. The molecule has 4 heteroatoms. The summed E-state index contributed by atoms with van der Waals surface area (Å²) in [7, 11) is 3.63. The Morgan fingerprint density at radius 3 is 2.94 bits per heavy atom. The summed E-state index contributed by atoms with van der Waals surface area (Å²) < 4.78 is 5.23. The lowest BCUT2D eigenvalue weighted by Crippen LogP contribution is -2.04. The van der Waals surface area contributed by atoms with Gasteiger partial charge in [0.15, 0.2) is 0 Å². The molecule has 90 valence electrons. The predicted molar refractivity (Wildman–Crippen MR) is 71.6 cm³/mol. The van der Waals surface area contributed by atoms with E-state index in [9.17, 15) is 0 Å². The van der Waals surface area contributed by atoms with E-state index in [-0.39, 0.29) is 0 Å². The summed E-state index contributed by atoms with van der Waals surface area (Å²) in [6.07, 6.45) is 0. The Hall–Kier alpha value is -1.39. The number of methoxy groups -OCH3 is 1. The fourth-order valence-electron chi connectivity index (χ4n) is 1.63. The number of hydrogen-bond donors (Lipinski definition) is 1. The monoisotopic (exact) mass is 248 g/mol. The highest BCUT2D eigenvalue weighted by atomic mass is 32.1. The van der Waals surface area contributed by atoms with Gasteiger partial charge in [0.25, 0.3) is 0 Å². The summed E-state index contributed by atoms with van der Waals surface area (Å²) >= 11 is 1.73. The third-order valence-corrected chi connectivity index (χ3v) is 3.75. The van der Waals surface area contributed by atoms with Gasteiger partial charge >= 0.3 is 0 Å². The lowest BCUT2D eigenvalue weighted by molar-refractivity contribution is 0.415. The number of nitrogens with zero attached hydrogens (tertiary/aromatic N) is 1. The zero-order valence-corrected chi connectivity index (χ0v) is 11.1. The van der Waals surface area contributed by atoms with Crippen molar-refractivity contribution >= 4 is 11.3 Å². The van der Waals surface area contributed by atoms with Gasteiger partial charge in [0.05, 0.1) is 12.8 Å². The number of thiazole rings is 1. The van der Waals surface area contributed by atoms with Gasteiger partial charge in [0, 0.05) is 17.0 Å². The van der Waals surface area contributed by atoms with E-state index >= 15 is 0 Å². The Kier molecular flexibility index (Phi) is 3.76. The molecule has 0 bridgehead atoms. The Morgan fingerprint density at radius 1 is 1.41 bits per heavy atom. The van der Waals surface area contributed by atoms with E-state index in [0.717, 1.165) is 28.6 Å². The number of benzene rings is 1. The number of nitrogens with one attached hydrogen (secondary N) is 1. The summed E-state index contributed by atoms with van der Waals surface area (Å²) in [6.45, 7) is 2.92. The maximum Gasteiger partial charge on any atom is 0.124 e. The second kappa shape index (κ2) is 5.29. The van der Waals surface area contributed by atoms with Gasteiger partial charge in [-0.1, -0.05) is 12.1 Å². The highest BCUT2D eigenvalue weighted by molar-refractivity contribution is 7.15. The van der Waals surface area contributed by atoms with Crippen molar-refractivity contribution in [3.63, 3.8) is 0 Å². The Bertz CT molecular complexity index is 508. The van der Waals surface area contributed by atoms with E-state index in [2.05, 4.69) is 16.4 Å². The van der Waals surface area contributed by atoms with Crippen molar-refractivity contribution in [3.8, 4) is 16.3 Å². The van der Waals surface area contributed by atoms with Crippen molar-refractivity contribution in [2.75, 3.05) is 14.2 Å². The van der Waals surface area contributed by atoms with Crippen LogP contribution in [0.5, 0.6) is 5.75 Å². The molecule has 1 aromatic carbocycles. The summed E-state index contributed by atoms with van der Waals surface area (Å²) in [4.78, 5) is 5.88. The maximum absolute atomic E-state index is 5.23. The quantitative estimate of drug-likeness (QED) is 0.903. The summed E-state index contributed by atoms with van der Waals surface area (Å²) in [5.41, 5.74) is 2.21. The van der Waals surface area contributed by atoms with Crippen LogP contribution in [0, 0.1) is 6.92 Å². The minimum atomic E-state index is 0.866. The average molecular weight is 248 g/mol. The van der Waals surface area contributed by atoms with E-state index in [1.807, 2.05) is 32.2 Å². The molecule has 0 amide bonds. The molecule has 2 aromatic rings. The molecule has 1 heterocycles. The number of ether oxygens (including phenoxy) is 1. The molecule has 0 aliphatic heterocycles. The molecule has 1 aromatic heterocycles. The minimum Gasteiger partial charge on any atom is -0.497 e. The van der Waals surface area contributed by atoms with Gasteiger partial charge in [0.2, 0.25) is 0 Å². The third kappa shape index (κ3) is 2.65. The van der Waals surface area contributed by atoms with E-state index in [4.69, 9.17) is 4.74 Å². The van der Waals surface area contributed by atoms with Crippen LogP contribution in [0.25, 0.3) is 10.6 Å². The van der Waals surface area contributed by atoms with Crippen molar-refractivity contribution in [1.82, 2.24) is 10.3 Å². The van der Waals surface area contributed by atoms with Crippen LogP contribution in [0.4, 0.5) is 0 Å². The Balaban J connectivity index is 2.35. The van der Waals surface area contributed by atoms with Crippen LogP contribution in [0.3, 0.4) is 0 Å². The molecular formula is C13H16N2OS. The summed E-state index contributed by atoms with van der Waals surface area (Å²) in [5, 5.41) is 4.21. The molecule has 0 atom stereocenters. The molecule has 0 radical (unpaired) electrons. The van der Waals surface area contributed by atoms with Crippen molar-refractivity contribution in [3.05, 3.63) is 34.8 Å². The molecule has 0 unspecified atom stereocenters. The highest BCUT2D eigenvalue weighted by Gasteiger charge is 2.09. The van der Waals surface area contributed by atoms with Crippen LogP contribution < -0.4 is 10.1 Å². The van der Waals surface area contributed by atoms with Gasteiger partial charge in [0.1, 0.15) is 10.8 Å². The van der Waals surface area contributed by atoms with E-state index in [1.165, 1.54) is 4.88 Å². The number of hydrogen-bond acceptors (Lipinski definition) is 4. The van der Waals surface area contributed by atoms with E-state index in [0.29, 0.717) is 0 Å². The molecule has 0 fully saturated rings. The van der Waals surface area contributed by atoms with Crippen molar-refractivity contribution < 1.29 is 4.74 Å². The van der Waals surface area contributed by atoms with Crippen LogP contribution in [0.1, 0.15) is 10.6 Å². The third-order valence-electron chi connectivity index (χ3n) is 2.55. The first-order valence-corrected chi connectivity index (χ1v) is 6.31. The molecule has 3 nitrogen and oxygen atoms in total. The largest absolute Gasteiger partial charge is 0.497 e. The molecule has 2 rings (SSSR count). The second-order valence-corrected chi connectivity index (χ2v) is 4.87. The van der Waals surface area contributed by atoms with Crippen LogP contribution in [-0.4, -0.2) is 19.1 Å². The smallest absolute Gasteiger partial charge is 0.124 e. The topological polar surface area (TPSA) is 34.1 Å². The number of aryl methyl sites for hydroxylation is 1. The fraction of sp³-hybridized carbons (Fsp3) is 0.308. The fourth-order valence-corrected chi connectivity index (χ4v) is 2.70. The molecule has 17 heavy (non-hydrogen) atoms. The standard InChI is InChI=1S/C13H16N2OS/c1-9-12(8-14-2)17-13(15-9)10-5-4-6-11(7-10)16-3/h4-7,14H,8H2,1-3H3. The minimum absolute atomic E-state index is 0.866. The molecule has 0 spiro atoms. The van der Waals surface area contributed by atoms with Gasteiger partial charge in [-0.15, -0.1) is 11.3 Å². The molecule has 1 N–H and O–H groups in total. The highest BCUT2D eigenvalue weighted by Crippen LogP contribution is 2.29. The van der Waals surface area contributed by atoms with E-state index < -0.39 is 0 Å². The number of aromatic nitrogens is 1. The summed E-state index contributed by atoms with van der Waals surface area (Å²) in [6, 6.07) is 8.01. The zero-order valence-electron chi connectivity index (χ0n) is 10.3. The zero-order chi connectivity index (χ0) is 12.3. The maximum atomic E-state index is 5.23. The Labute approximate surface area is 105 Å². The first-order chi connectivity index (χ1) is 8.24. The SMILES string of the molecule is CNCc1sc(-c2cccc(OC)c2)nc1C. The Morgan fingerprint density at radius 2 is 2.24 bits per heavy atom. The molecular weight excluding hydrogens is 232 g/mol. The summed E-state index contributed by atoms with van der Waals surface area (Å²) in [5.74, 6) is 0.866. The first kappa shape index (κ1) is 12.1. The van der Waals surface area contributed by atoms with Crippen molar-refractivity contribution in [2.45, 2.75) is 13.5 Å². The van der Waals surface area contributed by atoms with Crippen LogP contribution in [0.2, 0.25) is 0 Å². The van der Waals surface area contributed by atoms with Gasteiger partial charge < -0.3 is 10.1 Å². The van der Waals surface area contributed by atoms with Crippen molar-refractivity contribution in [2.24, 2.45) is 0 Å². The van der Waals surface area contributed by atoms with Gasteiger partial charge in [-0.05, 0) is 26.1 Å².